The number of para-hydroxylation sites is 2. The molecule has 1 heterocycles. The van der Waals surface area contributed by atoms with Gasteiger partial charge in [-0.2, -0.15) is 0 Å². The summed E-state index contributed by atoms with van der Waals surface area (Å²) < 4.78 is 0. The van der Waals surface area contributed by atoms with Crippen molar-refractivity contribution in [3.8, 4) is 0 Å². The van der Waals surface area contributed by atoms with Crippen LogP contribution in [0.4, 0.5) is 17.1 Å². The Morgan fingerprint density at radius 1 is 1.20 bits per heavy atom. The van der Waals surface area contributed by atoms with Gasteiger partial charge in [0, 0.05) is 24.0 Å². The first-order chi connectivity index (χ1) is 12.1. The molecule has 0 radical (unpaired) electrons. The number of rotatable bonds is 5. The Morgan fingerprint density at radius 2 is 1.92 bits per heavy atom. The fourth-order valence-corrected chi connectivity index (χ4v) is 2.66. The number of anilines is 3. The van der Waals surface area contributed by atoms with Gasteiger partial charge in [-0.05, 0) is 31.2 Å². The minimum absolute atomic E-state index is 0.226. The number of benzene rings is 2. The number of nitrogen functional groups attached to an aromatic ring is 1. The first-order valence-electron chi connectivity index (χ1n) is 8.04. The summed E-state index contributed by atoms with van der Waals surface area (Å²) in [6.07, 6.45) is 3.60. The fraction of sp³-hybridized carbons (Fsp3) is 0.158. The molecule has 0 bridgehead atoms. The topological polar surface area (TPSA) is 101 Å². The van der Waals surface area contributed by atoms with Gasteiger partial charge in [0.05, 0.1) is 23.7 Å². The highest BCUT2D eigenvalue weighted by atomic mass is 16.2. The Hall–Kier alpha value is -3.12. The number of hydrogen-bond donors (Lipinski definition) is 3. The third-order valence-electron chi connectivity index (χ3n) is 4.00. The number of hydrogen-bond acceptors (Lipinski definition) is 4. The third kappa shape index (κ3) is 3.70. The van der Waals surface area contributed by atoms with Crippen molar-refractivity contribution < 1.29 is 4.79 Å². The van der Waals surface area contributed by atoms with Crippen molar-refractivity contribution in [3.63, 3.8) is 0 Å². The average Bonchev–Trinajstić information content (AvgIpc) is 3.11. The minimum atomic E-state index is -0.721. The van der Waals surface area contributed by atoms with Crippen molar-refractivity contribution in [2.45, 2.75) is 19.4 Å². The molecule has 3 rings (SSSR count). The molecule has 1 atom stereocenters. The summed E-state index contributed by atoms with van der Waals surface area (Å²) in [6, 6.07) is 14.2. The van der Waals surface area contributed by atoms with Crippen LogP contribution in [0.5, 0.6) is 0 Å². The first kappa shape index (κ1) is 16.7. The molecule has 1 aromatic heterocycles. The van der Waals surface area contributed by atoms with Crippen LogP contribution in [-0.2, 0) is 11.2 Å². The van der Waals surface area contributed by atoms with Crippen LogP contribution in [-0.4, -0.2) is 21.9 Å². The van der Waals surface area contributed by atoms with Crippen molar-refractivity contribution in [1.29, 1.82) is 0 Å². The second-order valence-electron chi connectivity index (χ2n) is 5.96. The van der Waals surface area contributed by atoms with Crippen LogP contribution in [0, 0.1) is 6.92 Å². The lowest BCUT2D eigenvalue weighted by molar-refractivity contribution is -0.119. The quantitative estimate of drug-likeness (QED) is 0.624. The highest BCUT2D eigenvalue weighted by Crippen LogP contribution is 2.31. The highest BCUT2D eigenvalue weighted by Gasteiger charge is 2.25. The Labute approximate surface area is 146 Å². The summed E-state index contributed by atoms with van der Waals surface area (Å²) in [6.45, 7) is 2.00. The van der Waals surface area contributed by atoms with E-state index in [-0.39, 0.29) is 5.91 Å². The van der Waals surface area contributed by atoms with E-state index >= 15 is 0 Å². The largest absolute Gasteiger partial charge is 0.397 e. The smallest absolute Gasteiger partial charge is 0.248 e. The molecule has 6 nitrogen and oxygen atoms in total. The number of carbonyl (C=O) groups is 1. The normalized spacial score (nSPS) is 11.9. The minimum Gasteiger partial charge on any atom is -0.397 e. The summed E-state index contributed by atoms with van der Waals surface area (Å²) in [5, 5.41) is 0. The molecule has 5 N–H and O–H groups in total. The molecular weight excluding hydrogens is 314 g/mol. The Kier molecular flexibility index (Phi) is 4.81. The summed E-state index contributed by atoms with van der Waals surface area (Å²) in [4.78, 5) is 21.6. The second kappa shape index (κ2) is 7.19. The van der Waals surface area contributed by atoms with E-state index in [2.05, 4.69) is 9.97 Å². The van der Waals surface area contributed by atoms with Gasteiger partial charge in [0.15, 0.2) is 0 Å². The van der Waals surface area contributed by atoms with Crippen LogP contribution in [0.1, 0.15) is 11.3 Å². The molecule has 0 spiro atoms. The molecule has 0 aliphatic heterocycles. The van der Waals surface area contributed by atoms with E-state index in [1.54, 1.807) is 23.5 Å². The lowest BCUT2D eigenvalue weighted by Gasteiger charge is -2.27. The van der Waals surface area contributed by atoms with Crippen LogP contribution in [0.2, 0.25) is 0 Å². The van der Waals surface area contributed by atoms with Gasteiger partial charge in [-0.25, -0.2) is 4.98 Å². The molecule has 0 unspecified atom stereocenters. The number of amides is 1. The van der Waals surface area contributed by atoms with Crippen LogP contribution < -0.4 is 16.4 Å². The third-order valence-corrected chi connectivity index (χ3v) is 4.00. The molecule has 3 aromatic rings. The molecule has 6 heteroatoms. The number of nitrogens with zero attached hydrogens (tertiary/aromatic N) is 2. The average molecular weight is 335 g/mol. The standard InChI is InChI=1S/C19H21N5O/c1-13-6-8-15(9-7-13)24(18-5-3-2-4-16(18)20)19(25)17(21)10-14-11-22-12-23-14/h2-9,11-12,17H,10,20-21H2,1H3,(H,22,23)/t17-/m0/s1. The lowest BCUT2D eigenvalue weighted by atomic mass is 10.1. The Bertz CT molecular complexity index is 843. The Balaban J connectivity index is 1.97. The number of H-pyrrole nitrogens is 1. The van der Waals surface area contributed by atoms with Gasteiger partial charge >= 0.3 is 0 Å². The van der Waals surface area contributed by atoms with E-state index in [4.69, 9.17) is 11.5 Å². The summed E-state index contributed by atoms with van der Waals surface area (Å²) in [5.74, 6) is -0.226. The van der Waals surface area contributed by atoms with Gasteiger partial charge in [0.1, 0.15) is 0 Å². The van der Waals surface area contributed by atoms with Crippen molar-refractivity contribution in [3.05, 3.63) is 72.3 Å². The van der Waals surface area contributed by atoms with E-state index in [0.29, 0.717) is 17.8 Å². The maximum absolute atomic E-state index is 13.1. The predicted octanol–water partition coefficient (Wildman–Crippen LogP) is 2.54. The lowest BCUT2D eigenvalue weighted by Crippen LogP contribution is -2.43. The monoisotopic (exact) mass is 335 g/mol. The maximum Gasteiger partial charge on any atom is 0.248 e. The fourth-order valence-electron chi connectivity index (χ4n) is 2.66. The van der Waals surface area contributed by atoms with E-state index in [9.17, 15) is 4.79 Å². The maximum atomic E-state index is 13.1. The molecule has 0 saturated heterocycles. The summed E-state index contributed by atoms with van der Waals surface area (Å²) >= 11 is 0. The zero-order valence-electron chi connectivity index (χ0n) is 14.0. The number of aryl methyl sites for hydroxylation is 1. The SMILES string of the molecule is Cc1ccc(N(C(=O)[C@@H](N)Cc2cnc[nH]2)c2ccccc2N)cc1. The number of aromatic nitrogens is 2. The number of imidazole rings is 1. The Morgan fingerprint density at radius 3 is 2.56 bits per heavy atom. The van der Waals surface area contributed by atoms with Crippen molar-refractivity contribution in [2.24, 2.45) is 5.73 Å². The van der Waals surface area contributed by atoms with E-state index in [1.807, 2.05) is 49.4 Å². The van der Waals surface area contributed by atoms with E-state index in [1.165, 1.54) is 0 Å². The molecular formula is C19H21N5O. The zero-order chi connectivity index (χ0) is 17.8. The van der Waals surface area contributed by atoms with Crippen molar-refractivity contribution >= 4 is 23.0 Å². The van der Waals surface area contributed by atoms with Crippen LogP contribution in [0.3, 0.4) is 0 Å². The van der Waals surface area contributed by atoms with Crippen LogP contribution in [0.25, 0.3) is 0 Å². The number of carbonyl (C=O) groups excluding carboxylic acids is 1. The second-order valence-corrected chi connectivity index (χ2v) is 5.96. The number of nitrogens with one attached hydrogen (secondary N) is 1. The van der Waals surface area contributed by atoms with Crippen LogP contribution in [0.15, 0.2) is 61.1 Å². The number of aromatic amines is 1. The molecule has 25 heavy (non-hydrogen) atoms. The molecule has 0 aliphatic rings. The van der Waals surface area contributed by atoms with Gasteiger partial charge in [-0.3, -0.25) is 9.69 Å². The van der Waals surface area contributed by atoms with Gasteiger partial charge in [0.2, 0.25) is 5.91 Å². The van der Waals surface area contributed by atoms with Gasteiger partial charge in [-0.1, -0.05) is 29.8 Å². The molecule has 0 fully saturated rings. The van der Waals surface area contributed by atoms with E-state index in [0.717, 1.165) is 16.9 Å². The van der Waals surface area contributed by atoms with Crippen LogP contribution >= 0.6 is 0 Å². The van der Waals surface area contributed by atoms with Crippen molar-refractivity contribution in [1.82, 2.24) is 9.97 Å². The molecule has 1 amide bonds. The summed E-state index contributed by atoms with van der Waals surface area (Å²) in [5.41, 5.74) is 16.1. The first-order valence-corrected chi connectivity index (χ1v) is 8.04. The van der Waals surface area contributed by atoms with Gasteiger partial charge in [-0.15, -0.1) is 0 Å². The molecule has 2 aromatic carbocycles. The van der Waals surface area contributed by atoms with Gasteiger partial charge in [0.25, 0.3) is 0 Å². The predicted molar refractivity (Wildman–Crippen MR) is 99.4 cm³/mol. The highest BCUT2D eigenvalue weighted by molar-refractivity contribution is 6.05. The van der Waals surface area contributed by atoms with Crippen molar-refractivity contribution in [2.75, 3.05) is 10.6 Å². The molecule has 0 aliphatic carbocycles. The summed E-state index contributed by atoms with van der Waals surface area (Å²) in [7, 11) is 0. The molecule has 128 valence electrons. The number of nitrogens with two attached hydrogens (primary N) is 2. The molecule has 0 saturated carbocycles. The zero-order valence-corrected chi connectivity index (χ0v) is 14.0. The van der Waals surface area contributed by atoms with Gasteiger partial charge < -0.3 is 16.5 Å². The van der Waals surface area contributed by atoms with E-state index < -0.39 is 6.04 Å².